The first-order valence-corrected chi connectivity index (χ1v) is 5.81. The third-order valence-corrected chi connectivity index (χ3v) is 2.57. The molecule has 20 heavy (non-hydrogen) atoms. The molecule has 7 nitrogen and oxygen atoms in total. The highest BCUT2D eigenvalue weighted by molar-refractivity contribution is 6.02. The van der Waals surface area contributed by atoms with Gasteiger partial charge in [-0.1, -0.05) is 18.2 Å². The summed E-state index contributed by atoms with van der Waals surface area (Å²) in [7, 11) is 2.80. The van der Waals surface area contributed by atoms with E-state index in [0.29, 0.717) is 0 Å². The van der Waals surface area contributed by atoms with E-state index in [1.165, 1.54) is 26.2 Å². The van der Waals surface area contributed by atoms with Gasteiger partial charge in [0.05, 0.1) is 0 Å². The van der Waals surface area contributed by atoms with Gasteiger partial charge in [-0.05, 0) is 12.1 Å². The predicted octanol–water partition coefficient (Wildman–Crippen LogP) is -0.292. The Balaban J connectivity index is 2.96. The normalized spacial score (nSPS) is 13.2. The van der Waals surface area contributed by atoms with Crippen molar-refractivity contribution in [2.45, 2.75) is 6.04 Å². The van der Waals surface area contributed by atoms with E-state index < -0.39 is 29.8 Å². The number of ether oxygens (including phenoxy) is 1. The van der Waals surface area contributed by atoms with Crippen molar-refractivity contribution >= 4 is 17.8 Å². The van der Waals surface area contributed by atoms with Gasteiger partial charge in [0.2, 0.25) is 5.91 Å². The first-order chi connectivity index (χ1) is 9.34. The van der Waals surface area contributed by atoms with Crippen molar-refractivity contribution in [2.24, 2.45) is 11.7 Å². The van der Waals surface area contributed by atoms with Gasteiger partial charge < -0.3 is 20.5 Å². The number of rotatable bonds is 5. The number of carboxylic acids is 1. The van der Waals surface area contributed by atoms with E-state index in [9.17, 15) is 14.4 Å². The molecule has 7 heteroatoms. The third-order valence-electron chi connectivity index (χ3n) is 2.57. The van der Waals surface area contributed by atoms with Crippen molar-refractivity contribution < 1.29 is 24.2 Å². The van der Waals surface area contributed by atoms with Crippen LogP contribution in [0.15, 0.2) is 30.3 Å². The topological polar surface area (TPSA) is 110 Å². The average molecular weight is 280 g/mol. The number of aliphatic carboxylic acids is 1. The fourth-order valence-corrected chi connectivity index (χ4v) is 1.49. The molecule has 108 valence electrons. The van der Waals surface area contributed by atoms with Crippen LogP contribution in [0.3, 0.4) is 0 Å². The van der Waals surface area contributed by atoms with Gasteiger partial charge >= 0.3 is 11.9 Å². The molecule has 1 rings (SSSR count). The number of nitrogens with zero attached hydrogens (tertiary/aromatic N) is 1. The second-order valence-corrected chi connectivity index (χ2v) is 4.31. The average Bonchev–Trinajstić information content (AvgIpc) is 2.39. The summed E-state index contributed by atoms with van der Waals surface area (Å²) in [6.45, 7) is 0. The second kappa shape index (κ2) is 6.67. The number of carbonyl (C=O) groups excluding carboxylic acids is 2. The molecule has 1 aromatic rings. The Labute approximate surface area is 115 Å². The summed E-state index contributed by atoms with van der Waals surface area (Å²) in [4.78, 5) is 35.9. The Morgan fingerprint density at radius 3 is 2.20 bits per heavy atom. The molecule has 2 atom stereocenters. The van der Waals surface area contributed by atoms with Gasteiger partial charge in [-0.25, -0.2) is 0 Å². The number of para-hydroxylation sites is 1. The van der Waals surface area contributed by atoms with E-state index in [0.717, 1.165) is 4.90 Å². The fourth-order valence-electron chi connectivity index (χ4n) is 1.49. The molecule has 0 saturated heterocycles. The van der Waals surface area contributed by atoms with Gasteiger partial charge in [0, 0.05) is 14.1 Å². The standard InChI is InChI=1S/C13H16N2O5/c1-15(2)11(16)9(10(14)12(17)18)13(19)20-8-6-4-3-5-7-8/h3-7,9-10H,14H2,1-2H3,(H,17,18)/t9-,10-/m1/s1. The lowest BCUT2D eigenvalue weighted by molar-refractivity contribution is -0.155. The van der Waals surface area contributed by atoms with Crippen molar-refractivity contribution in [1.82, 2.24) is 4.90 Å². The zero-order valence-electron chi connectivity index (χ0n) is 11.1. The minimum absolute atomic E-state index is 0.214. The molecule has 1 amide bonds. The monoisotopic (exact) mass is 280 g/mol. The summed E-state index contributed by atoms with van der Waals surface area (Å²) in [5.74, 6) is -4.55. The molecule has 3 N–H and O–H groups in total. The van der Waals surface area contributed by atoms with Crippen molar-refractivity contribution in [2.75, 3.05) is 14.1 Å². The van der Waals surface area contributed by atoms with Crippen LogP contribution < -0.4 is 10.5 Å². The Hall–Kier alpha value is -2.41. The van der Waals surface area contributed by atoms with Gasteiger partial charge in [-0.2, -0.15) is 0 Å². The van der Waals surface area contributed by atoms with Crippen LogP contribution in [-0.2, 0) is 14.4 Å². The molecule has 0 heterocycles. The maximum atomic E-state index is 12.0. The molecule has 0 aliphatic rings. The molecule has 0 fully saturated rings. The van der Waals surface area contributed by atoms with Crippen LogP contribution in [0.4, 0.5) is 0 Å². The number of hydrogen-bond donors (Lipinski definition) is 2. The van der Waals surface area contributed by atoms with Crippen molar-refractivity contribution in [3.05, 3.63) is 30.3 Å². The van der Waals surface area contributed by atoms with Crippen LogP contribution in [0.25, 0.3) is 0 Å². The molecule has 0 bridgehead atoms. The largest absolute Gasteiger partial charge is 0.480 e. The number of amides is 1. The highest BCUT2D eigenvalue weighted by Gasteiger charge is 2.39. The van der Waals surface area contributed by atoms with Crippen LogP contribution in [0, 0.1) is 5.92 Å². The summed E-state index contributed by atoms with van der Waals surface area (Å²) in [6.07, 6.45) is 0. The highest BCUT2D eigenvalue weighted by atomic mass is 16.5. The van der Waals surface area contributed by atoms with Gasteiger partial charge in [-0.3, -0.25) is 14.4 Å². The Kier molecular flexibility index (Phi) is 5.22. The lowest BCUT2D eigenvalue weighted by Crippen LogP contribution is -2.51. The maximum absolute atomic E-state index is 12.0. The van der Waals surface area contributed by atoms with E-state index in [4.69, 9.17) is 15.6 Å². The second-order valence-electron chi connectivity index (χ2n) is 4.31. The van der Waals surface area contributed by atoms with Crippen molar-refractivity contribution in [3.63, 3.8) is 0 Å². The van der Waals surface area contributed by atoms with Gasteiger partial charge in [0.1, 0.15) is 11.8 Å². The zero-order chi connectivity index (χ0) is 15.3. The Morgan fingerprint density at radius 2 is 1.75 bits per heavy atom. The molecule has 0 aliphatic carbocycles. The maximum Gasteiger partial charge on any atom is 0.326 e. The molecule has 0 saturated carbocycles. The SMILES string of the molecule is CN(C)C(=O)[C@H](C(=O)Oc1ccccc1)[C@@H](N)C(=O)O. The first kappa shape index (κ1) is 15.6. The number of carbonyl (C=O) groups is 3. The minimum atomic E-state index is -1.67. The number of nitrogens with two attached hydrogens (primary N) is 1. The zero-order valence-corrected chi connectivity index (χ0v) is 11.1. The molecule has 0 radical (unpaired) electrons. The third kappa shape index (κ3) is 3.79. The lowest BCUT2D eigenvalue weighted by atomic mass is 9.99. The fraction of sp³-hybridized carbons (Fsp3) is 0.308. The molecular weight excluding hydrogens is 264 g/mol. The summed E-state index contributed by atoms with van der Waals surface area (Å²) in [5.41, 5.74) is 5.41. The predicted molar refractivity (Wildman–Crippen MR) is 69.9 cm³/mol. The van der Waals surface area contributed by atoms with E-state index in [-0.39, 0.29) is 5.75 Å². The molecule has 0 aliphatic heterocycles. The van der Waals surface area contributed by atoms with E-state index >= 15 is 0 Å². The highest BCUT2D eigenvalue weighted by Crippen LogP contribution is 2.14. The summed E-state index contributed by atoms with van der Waals surface area (Å²) in [5, 5.41) is 8.89. The minimum Gasteiger partial charge on any atom is -0.480 e. The molecule has 0 aromatic heterocycles. The van der Waals surface area contributed by atoms with E-state index in [1.807, 2.05) is 0 Å². The summed E-state index contributed by atoms with van der Waals surface area (Å²) < 4.78 is 4.99. The van der Waals surface area contributed by atoms with Crippen LogP contribution in [0.2, 0.25) is 0 Å². The Bertz CT molecular complexity index is 501. The first-order valence-electron chi connectivity index (χ1n) is 5.81. The molecule has 1 aromatic carbocycles. The van der Waals surface area contributed by atoms with Crippen LogP contribution in [-0.4, -0.2) is 48.0 Å². The number of esters is 1. The van der Waals surface area contributed by atoms with Gasteiger partial charge in [0.25, 0.3) is 0 Å². The summed E-state index contributed by atoms with van der Waals surface area (Å²) >= 11 is 0. The number of carboxylic acid groups (broad SMARTS) is 1. The van der Waals surface area contributed by atoms with Crippen LogP contribution in [0.5, 0.6) is 5.75 Å². The van der Waals surface area contributed by atoms with Crippen molar-refractivity contribution in [3.8, 4) is 5.75 Å². The quantitative estimate of drug-likeness (QED) is 0.435. The van der Waals surface area contributed by atoms with Crippen LogP contribution in [0.1, 0.15) is 0 Å². The van der Waals surface area contributed by atoms with E-state index in [2.05, 4.69) is 0 Å². The summed E-state index contributed by atoms with van der Waals surface area (Å²) in [6, 6.07) is 6.37. The Morgan fingerprint density at radius 1 is 1.20 bits per heavy atom. The van der Waals surface area contributed by atoms with Gasteiger partial charge in [0.15, 0.2) is 5.92 Å². The van der Waals surface area contributed by atoms with Gasteiger partial charge in [-0.15, -0.1) is 0 Å². The van der Waals surface area contributed by atoms with Crippen molar-refractivity contribution in [1.29, 1.82) is 0 Å². The molecule has 0 spiro atoms. The smallest absolute Gasteiger partial charge is 0.326 e. The lowest BCUT2D eigenvalue weighted by Gasteiger charge is -2.21. The number of hydrogen-bond acceptors (Lipinski definition) is 5. The van der Waals surface area contributed by atoms with Crippen LogP contribution >= 0.6 is 0 Å². The van der Waals surface area contributed by atoms with E-state index in [1.54, 1.807) is 18.2 Å². The molecule has 0 unspecified atom stereocenters. The molecular formula is C13H16N2O5. The number of benzene rings is 1.